The number of hydrogen-bond donors (Lipinski definition) is 1. The SMILES string of the molecule is COCCCOCCOc1cc(Cl)c(N)cc1C. The first-order valence-corrected chi connectivity index (χ1v) is 6.28. The summed E-state index contributed by atoms with van der Waals surface area (Å²) in [6.45, 7) is 4.37. The zero-order valence-corrected chi connectivity index (χ0v) is 11.6. The van der Waals surface area contributed by atoms with Crippen LogP contribution in [0, 0.1) is 6.92 Å². The Bertz CT molecular complexity index is 371. The Labute approximate surface area is 113 Å². The van der Waals surface area contributed by atoms with Crippen molar-refractivity contribution in [2.75, 3.05) is 39.3 Å². The molecule has 0 bridgehead atoms. The van der Waals surface area contributed by atoms with Crippen molar-refractivity contribution in [3.63, 3.8) is 0 Å². The number of hydrogen-bond acceptors (Lipinski definition) is 4. The number of ether oxygens (including phenoxy) is 3. The van der Waals surface area contributed by atoms with Crippen molar-refractivity contribution in [1.29, 1.82) is 0 Å². The minimum Gasteiger partial charge on any atom is -0.491 e. The minimum absolute atomic E-state index is 0.494. The summed E-state index contributed by atoms with van der Waals surface area (Å²) in [5, 5.41) is 0.511. The van der Waals surface area contributed by atoms with E-state index in [1.165, 1.54) is 0 Å². The van der Waals surface area contributed by atoms with Gasteiger partial charge in [0.2, 0.25) is 0 Å². The van der Waals surface area contributed by atoms with Crippen LogP contribution in [0.15, 0.2) is 12.1 Å². The predicted octanol–water partition coefficient (Wildman–Crippen LogP) is 2.66. The summed E-state index contributed by atoms with van der Waals surface area (Å²) >= 11 is 5.93. The largest absolute Gasteiger partial charge is 0.491 e. The second-order valence-corrected chi connectivity index (χ2v) is 4.35. The van der Waals surface area contributed by atoms with Gasteiger partial charge in [0.15, 0.2) is 0 Å². The molecule has 0 unspecified atom stereocenters. The van der Waals surface area contributed by atoms with Crippen LogP contribution in [0.1, 0.15) is 12.0 Å². The Morgan fingerprint density at radius 1 is 1.17 bits per heavy atom. The maximum Gasteiger partial charge on any atom is 0.123 e. The molecule has 0 saturated carbocycles. The van der Waals surface area contributed by atoms with Crippen molar-refractivity contribution in [1.82, 2.24) is 0 Å². The molecule has 102 valence electrons. The highest BCUT2D eigenvalue weighted by molar-refractivity contribution is 6.33. The number of benzene rings is 1. The molecule has 4 nitrogen and oxygen atoms in total. The molecule has 1 rings (SSSR count). The fourth-order valence-corrected chi connectivity index (χ4v) is 1.61. The number of aryl methyl sites for hydroxylation is 1. The van der Waals surface area contributed by atoms with Crippen molar-refractivity contribution in [2.24, 2.45) is 0 Å². The lowest BCUT2D eigenvalue weighted by atomic mass is 10.2. The summed E-state index contributed by atoms with van der Waals surface area (Å²) in [7, 11) is 1.68. The van der Waals surface area contributed by atoms with Gasteiger partial charge < -0.3 is 19.9 Å². The number of anilines is 1. The highest BCUT2D eigenvalue weighted by Gasteiger charge is 2.04. The number of rotatable bonds is 8. The van der Waals surface area contributed by atoms with Gasteiger partial charge in [-0.3, -0.25) is 0 Å². The van der Waals surface area contributed by atoms with E-state index in [1.807, 2.05) is 6.92 Å². The lowest BCUT2D eigenvalue weighted by Gasteiger charge is -2.11. The van der Waals surface area contributed by atoms with Crippen LogP contribution in [0.5, 0.6) is 5.75 Å². The zero-order valence-electron chi connectivity index (χ0n) is 10.9. The minimum atomic E-state index is 0.494. The summed E-state index contributed by atoms with van der Waals surface area (Å²) in [6, 6.07) is 3.54. The van der Waals surface area contributed by atoms with E-state index in [0.29, 0.717) is 37.1 Å². The summed E-state index contributed by atoms with van der Waals surface area (Å²) in [4.78, 5) is 0. The first-order valence-electron chi connectivity index (χ1n) is 5.90. The first-order chi connectivity index (χ1) is 8.65. The van der Waals surface area contributed by atoms with Gasteiger partial charge in [0.1, 0.15) is 12.4 Å². The molecule has 0 atom stereocenters. The Hall–Kier alpha value is -0.970. The molecule has 1 aromatic rings. The van der Waals surface area contributed by atoms with Gasteiger partial charge in [-0.1, -0.05) is 11.6 Å². The highest BCUT2D eigenvalue weighted by Crippen LogP contribution is 2.28. The molecule has 0 saturated heterocycles. The van der Waals surface area contributed by atoms with Crippen molar-refractivity contribution < 1.29 is 14.2 Å². The second-order valence-electron chi connectivity index (χ2n) is 3.95. The lowest BCUT2D eigenvalue weighted by molar-refractivity contribution is 0.0805. The lowest BCUT2D eigenvalue weighted by Crippen LogP contribution is -2.09. The van der Waals surface area contributed by atoms with E-state index in [1.54, 1.807) is 19.2 Å². The molecule has 0 aliphatic carbocycles. The molecule has 1 aromatic carbocycles. The van der Waals surface area contributed by atoms with Crippen molar-refractivity contribution in [2.45, 2.75) is 13.3 Å². The smallest absolute Gasteiger partial charge is 0.123 e. The molecule has 0 amide bonds. The van der Waals surface area contributed by atoms with Crippen LogP contribution < -0.4 is 10.5 Å². The molecule has 0 radical (unpaired) electrons. The van der Waals surface area contributed by atoms with Gasteiger partial charge in [-0.25, -0.2) is 0 Å². The van der Waals surface area contributed by atoms with Crippen LogP contribution in [0.4, 0.5) is 5.69 Å². The van der Waals surface area contributed by atoms with Gasteiger partial charge in [-0.2, -0.15) is 0 Å². The van der Waals surface area contributed by atoms with E-state index in [4.69, 9.17) is 31.5 Å². The Morgan fingerprint density at radius 2 is 1.94 bits per heavy atom. The molecule has 2 N–H and O–H groups in total. The van der Waals surface area contributed by atoms with Crippen molar-refractivity contribution >= 4 is 17.3 Å². The van der Waals surface area contributed by atoms with Gasteiger partial charge in [-0.05, 0) is 25.0 Å². The van der Waals surface area contributed by atoms with Crippen molar-refractivity contribution in [3.8, 4) is 5.75 Å². The molecule has 0 aliphatic heterocycles. The normalized spacial score (nSPS) is 10.6. The van der Waals surface area contributed by atoms with E-state index in [2.05, 4.69) is 0 Å². The number of nitrogen functional groups attached to an aromatic ring is 1. The molecule has 5 heteroatoms. The van der Waals surface area contributed by atoms with Gasteiger partial charge >= 0.3 is 0 Å². The number of nitrogens with two attached hydrogens (primary N) is 1. The number of halogens is 1. The highest BCUT2D eigenvalue weighted by atomic mass is 35.5. The summed E-state index contributed by atoms with van der Waals surface area (Å²) in [6.07, 6.45) is 0.892. The van der Waals surface area contributed by atoms with Crippen LogP contribution in [0.3, 0.4) is 0 Å². The molecular weight excluding hydrogens is 254 g/mol. The van der Waals surface area contributed by atoms with Gasteiger partial charge in [0.05, 0.1) is 17.3 Å². The molecular formula is C13H20ClNO3. The third-order valence-electron chi connectivity index (χ3n) is 2.42. The summed E-state index contributed by atoms with van der Waals surface area (Å²) in [5.41, 5.74) is 7.22. The van der Waals surface area contributed by atoms with Gasteiger partial charge in [0, 0.05) is 26.4 Å². The Balaban J connectivity index is 2.25. The predicted molar refractivity (Wildman–Crippen MR) is 73.4 cm³/mol. The van der Waals surface area contributed by atoms with E-state index < -0.39 is 0 Å². The third-order valence-corrected chi connectivity index (χ3v) is 2.74. The van der Waals surface area contributed by atoms with E-state index in [-0.39, 0.29) is 0 Å². The Morgan fingerprint density at radius 3 is 2.67 bits per heavy atom. The standard InChI is InChI=1S/C13H20ClNO3/c1-10-8-12(15)11(14)9-13(10)18-7-6-17-5-3-4-16-2/h8-9H,3-7,15H2,1-2H3. The average Bonchev–Trinajstić information content (AvgIpc) is 2.34. The maximum atomic E-state index is 5.93. The van der Waals surface area contributed by atoms with Gasteiger partial charge in [-0.15, -0.1) is 0 Å². The topological polar surface area (TPSA) is 53.7 Å². The fourth-order valence-electron chi connectivity index (χ4n) is 1.46. The molecule has 0 spiro atoms. The average molecular weight is 274 g/mol. The van der Waals surface area contributed by atoms with Crippen LogP contribution in [-0.2, 0) is 9.47 Å². The molecule has 0 fully saturated rings. The van der Waals surface area contributed by atoms with Crippen molar-refractivity contribution in [3.05, 3.63) is 22.7 Å². The van der Waals surface area contributed by atoms with Crippen LogP contribution >= 0.6 is 11.6 Å². The molecule has 0 aliphatic rings. The second kappa shape index (κ2) is 8.19. The molecule has 0 aromatic heterocycles. The summed E-state index contributed by atoms with van der Waals surface area (Å²) < 4.78 is 15.9. The van der Waals surface area contributed by atoms with E-state index >= 15 is 0 Å². The monoisotopic (exact) mass is 273 g/mol. The van der Waals surface area contributed by atoms with E-state index in [0.717, 1.165) is 17.7 Å². The molecule has 0 heterocycles. The van der Waals surface area contributed by atoms with E-state index in [9.17, 15) is 0 Å². The first kappa shape index (κ1) is 15.1. The van der Waals surface area contributed by atoms with Crippen LogP contribution in [0.2, 0.25) is 5.02 Å². The quantitative estimate of drug-likeness (QED) is 0.584. The molecule has 18 heavy (non-hydrogen) atoms. The van der Waals surface area contributed by atoms with Crippen LogP contribution in [0.25, 0.3) is 0 Å². The summed E-state index contributed by atoms with van der Waals surface area (Å²) in [5.74, 6) is 0.745. The third kappa shape index (κ3) is 5.12. The number of methoxy groups -OCH3 is 1. The fraction of sp³-hybridized carbons (Fsp3) is 0.538. The van der Waals surface area contributed by atoms with Crippen LogP contribution in [-0.4, -0.2) is 33.5 Å². The van der Waals surface area contributed by atoms with Gasteiger partial charge in [0.25, 0.3) is 0 Å². The zero-order chi connectivity index (χ0) is 13.4. The Kier molecular flexibility index (Phi) is 6.86. The maximum absolute atomic E-state index is 5.93.